The fraction of sp³-hybridized carbons (Fsp3) is 0. The molecule has 0 N–H and O–H groups in total. The van der Waals surface area contributed by atoms with E-state index in [-0.39, 0.29) is 5.82 Å². The fourth-order valence-corrected chi connectivity index (χ4v) is 3.47. The Labute approximate surface area is 100 Å². The molecule has 1 aromatic heterocycles. The van der Waals surface area contributed by atoms with Crippen molar-refractivity contribution in [3.8, 4) is 0 Å². The average Bonchev–Trinajstić information content (AvgIpc) is 2.39. The minimum Gasteiger partial charge on any atom is -0.204 e. The summed E-state index contributed by atoms with van der Waals surface area (Å²) in [5.74, 6) is -0.0824. The van der Waals surface area contributed by atoms with Crippen LogP contribution in [0.5, 0.6) is 0 Å². The summed E-state index contributed by atoms with van der Waals surface area (Å²) in [5, 5.41) is 1.00. The van der Waals surface area contributed by atoms with Crippen molar-refractivity contribution in [1.29, 1.82) is 0 Å². The van der Waals surface area contributed by atoms with Crippen LogP contribution in [0.25, 0.3) is 10.1 Å². The van der Waals surface area contributed by atoms with Crippen LogP contribution in [0.2, 0.25) is 0 Å². The molecule has 0 atom stereocenters. The molecule has 0 saturated heterocycles. The molecule has 0 aliphatic heterocycles. The normalized spacial score (nSPS) is 10.9. The van der Waals surface area contributed by atoms with Gasteiger partial charge in [0.05, 0.1) is 11.2 Å². The molecule has 0 unspecified atom stereocenters. The first kappa shape index (κ1) is 9.14. The zero-order valence-corrected chi connectivity index (χ0v) is 10.9. The fourth-order valence-electron chi connectivity index (χ4n) is 1.01. The summed E-state index contributed by atoms with van der Waals surface area (Å²) in [5.41, 5.74) is 0. The highest BCUT2D eigenvalue weighted by molar-refractivity contribution is 14.1. The molecule has 0 bridgehead atoms. The van der Waals surface area contributed by atoms with Crippen molar-refractivity contribution in [2.24, 2.45) is 0 Å². The SMILES string of the molecule is Fc1c(I)ccc2cc(I)sc12. The van der Waals surface area contributed by atoms with Gasteiger partial charge in [0, 0.05) is 0 Å². The summed E-state index contributed by atoms with van der Waals surface area (Å²) < 4.78 is 16.0. The number of hydrogen-bond acceptors (Lipinski definition) is 1. The Kier molecular flexibility index (Phi) is 2.57. The summed E-state index contributed by atoms with van der Waals surface area (Å²) in [6, 6.07) is 5.76. The number of fused-ring (bicyclic) bond motifs is 1. The van der Waals surface area contributed by atoms with Crippen molar-refractivity contribution < 1.29 is 4.39 Å². The van der Waals surface area contributed by atoms with Crippen LogP contribution in [-0.4, -0.2) is 0 Å². The summed E-state index contributed by atoms with van der Waals surface area (Å²) in [7, 11) is 0. The van der Waals surface area contributed by atoms with Crippen LogP contribution in [0, 0.1) is 12.3 Å². The van der Waals surface area contributed by atoms with Gasteiger partial charge in [-0.15, -0.1) is 11.3 Å². The monoisotopic (exact) mass is 404 g/mol. The van der Waals surface area contributed by atoms with Crippen molar-refractivity contribution in [2.45, 2.75) is 0 Å². The van der Waals surface area contributed by atoms with Crippen LogP contribution in [0.15, 0.2) is 18.2 Å². The number of rotatable bonds is 0. The third-order valence-corrected chi connectivity index (χ3v) is 4.29. The summed E-state index contributed by atoms with van der Waals surface area (Å²) in [4.78, 5) is 0. The lowest BCUT2D eigenvalue weighted by molar-refractivity contribution is 0.634. The van der Waals surface area contributed by atoms with Gasteiger partial charge in [0.1, 0.15) is 0 Å². The number of hydrogen-bond donors (Lipinski definition) is 0. The zero-order valence-electron chi connectivity index (χ0n) is 5.77. The Morgan fingerprint density at radius 3 is 2.75 bits per heavy atom. The van der Waals surface area contributed by atoms with E-state index >= 15 is 0 Å². The molecule has 12 heavy (non-hydrogen) atoms. The maximum atomic E-state index is 13.4. The Balaban J connectivity index is 2.89. The van der Waals surface area contributed by atoms with E-state index in [1.54, 1.807) is 6.07 Å². The van der Waals surface area contributed by atoms with E-state index in [4.69, 9.17) is 0 Å². The predicted molar refractivity (Wildman–Crippen MR) is 67.2 cm³/mol. The van der Waals surface area contributed by atoms with E-state index < -0.39 is 0 Å². The molecule has 1 aromatic carbocycles. The van der Waals surface area contributed by atoms with Crippen molar-refractivity contribution >= 4 is 66.6 Å². The molecule has 0 radical (unpaired) electrons. The summed E-state index contributed by atoms with van der Waals surface area (Å²) >= 11 is 5.72. The molecule has 0 fully saturated rings. The van der Waals surface area contributed by atoms with Gasteiger partial charge in [-0.1, -0.05) is 6.07 Å². The van der Waals surface area contributed by atoms with Crippen LogP contribution in [0.1, 0.15) is 0 Å². The zero-order chi connectivity index (χ0) is 8.72. The van der Waals surface area contributed by atoms with Gasteiger partial charge in [0.2, 0.25) is 0 Å². The van der Waals surface area contributed by atoms with Crippen molar-refractivity contribution in [3.63, 3.8) is 0 Å². The minimum atomic E-state index is -0.0824. The Morgan fingerprint density at radius 1 is 1.25 bits per heavy atom. The number of halogens is 3. The Bertz CT molecular complexity index is 436. The third kappa shape index (κ3) is 1.48. The van der Waals surface area contributed by atoms with Gasteiger partial charge < -0.3 is 0 Å². The summed E-state index contributed by atoms with van der Waals surface area (Å²) in [6.07, 6.45) is 0. The van der Waals surface area contributed by atoms with Gasteiger partial charge in [0.15, 0.2) is 5.82 Å². The van der Waals surface area contributed by atoms with Crippen LogP contribution in [0.4, 0.5) is 4.39 Å². The lowest BCUT2D eigenvalue weighted by Crippen LogP contribution is -1.78. The quantitative estimate of drug-likeness (QED) is 0.577. The molecule has 0 aliphatic rings. The van der Waals surface area contributed by atoms with Crippen LogP contribution in [0.3, 0.4) is 0 Å². The van der Waals surface area contributed by atoms with Gasteiger partial charge >= 0.3 is 0 Å². The van der Waals surface area contributed by atoms with Crippen molar-refractivity contribution in [1.82, 2.24) is 0 Å². The molecule has 62 valence electrons. The number of thiophene rings is 1. The van der Waals surface area contributed by atoms with Crippen LogP contribution in [-0.2, 0) is 0 Å². The third-order valence-electron chi connectivity index (χ3n) is 1.55. The molecule has 0 aliphatic carbocycles. The van der Waals surface area contributed by atoms with E-state index in [2.05, 4.69) is 22.6 Å². The van der Waals surface area contributed by atoms with Crippen LogP contribution < -0.4 is 0 Å². The first-order chi connectivity index (χ1) is 5.68. The smallest absolute Gasteiger partial charge is 0.154 e. The molecule has 2 rings (SSSR count). The first-order valence-electron chi connectivity index (χ1n) is 3.21. The van der Waals surface area contributed by atoms with E-state index in [0.29, 0.717) is 3.57 Å². The standard InChI is InChI=1S/C8H3FI2S/c9-7-5(10)2-1-4-3-6(11)12-8(4)7/h1-3H. The molecular formula is C8H3FI2S. The van der Waals surface area contributed by atoms with Crippen LogP contribution >= 0.6 is 56.5 Å². The average molecular weight is 404 g/mol. The molecule has 2 aromatic rings. The van der Waals surface area contributed by atoms with Gasteiger partial charge in [0.25, 0.3) is 0 Å². The highest BCUT2D eigenvalue weighted by Crippen LogP contribution is 2.30. The second-order valence-corrected chi connectivity index (χ2v) is 6.44. The number of benzene rings is 1. The highest BCUT2D eigenvalue weighted by Gasteiger charge is 2.07. The molecule has 1 heterocycles. The lowest BCUT2D eigenvalue weighted by Gasteiger charge is -1.93. The molecule has 4 heteroatoms. The molecule has 0 nitrogen and oxygen atoms in total. The van der Waals surface area contributed by atoms with Gasteiger partial charge in [-0.25, -0.2) is 4.39 Å². The van der Waals surface area contributed by atoms with E-state index in [0.717, 1.165) is 13.0 Å². The van der Waals surface area contributed by atoms with Gasteiger partial charge in [-0.3, -0.25) is 0 Å². The van der Waals surface area contributed by atoms with Gasteiger partial charge in [-0.05, 0) is 62.7 Å². The van der Waals surface area contributed by atoms with Crippen molar-refractivity contribution in [2.75, 3.05) is 0 Å². The minimum absolute atomic E-state index is 0.0824. The van der Waals surface area contributed by atoms with Gasteiger partial charge in [-0.2, -0.15) is 0 Å². The topological polar surface area (TPSA) is 0 Å². The molecule has 0 spiro atoms. The molecule has 0 saturated carbocycles. The lowest BCUT2D eigenvalue weighted by atomic mass is 10.3. The Morgan fingerprint density at radius 2 is 2.00 bits per heavy atom. The largest absolute Gasteiger partial charge is 0.204 e. The second-order valence-electron chi connectivity index (χ2n) is 2.33. The second kappa shape index (κ2) is 3.38. The highest BCUT2D eigenvalue weighted by atomic mass is 127. The van der Waals surface area contributed by atoms with E-state index in [1.165, 1.54) is 11.3 Å². The van der Waals surface area contributed by atoms with Crippen molar-refractivity contribution in [3.05, 3.63) is 30.5 Å². The summed E-state index contributed by atoms with van der Waals surface area (Å²) in [6.45, 7) is 0. The molecular weight excluding hydrogens is 401 g/mol. The predicted octanol–water partition coefficient (Wildman–Crippen LogP) is 4.25. The maximum absolute atomic E-state index is 13.4. The van der Waals surface area contributed by atoms with E-state index in [1.807, 2.05) is 34.7 Å². The van der Waals surface area contributed by atoms with E-state index in [9.17, 15) is 4.39 Å². The molecule has 0 amide bonds. The Hall–Kier alpha value is 0.570. The maximum Gasteiger partial charge on any atom is 0.154 e. The first-order valence-corrected chi connectivity index (χ1v) is 6.19.